The van der Waals surface area contributed by atoms with Crippen molar-refractivity contribution in [1.29, 1.82) is 0 Å². The molecule has 0 aliphatic heterocycles. The molecule has 0 fully saturated rings. The van der Waals surface area contributed by atoms with Crippen LogP contribution in [0, 0.1) is 13.8 Å². The molecule has 5 nitrogen and oxygen atoms in total. The Morgan fingerprint density at radius 1 is 1.21 bits per heavy atom. The van der Waals surface area contributed by atoms with Gasteiger partial charge in [-0.05, 0) is 37.5 Å². The molecule has 104 valence electrons. The van der Waals surface area contributed by atoms with Gasteiger partial charge in [-0.1, -0.05) is 6.07 Å². The predicted molar refractivity (Wildman–Crippen MR) is 71.9 cm³/mol. The average molecular weight is 265 g/mol. The molecule has 0 heterocycles. The van der Waals surface area contributed by atoms with Crippen molar-refractivity contribution >= 4 is 17.6 Å². The predicted octanol–water partition coefficient (Wildman–Crippen LogP) is 2.00. The lowest BCUT2D eigenvalue weighted by atomic mass is 10.0. The molecule has 0 aliphatic carbocycles. The van der Waals surface area contributed by atoms with Gasteiger partial charge >= 0.3 is 11.9 Å². The highest BCUT2D eigenvalue weighted by molar-refractivity contribution is 5.92. The van der Waals surface area contributed by atoms with Gasteiger partial charge < -0.3 is 15.2 Å². The molecular formula is C14H19NO4. The van der Waals surface area contributed by atoms with Gasteiger partial charge in [-0.25, -0.2) is 4.79 Å². The molecule has 1 aromatic rings. The van der Waals surface area contributed by atoms with E-state index in [1.54, 1.807) is 6.07 Å². The molecule has 1 aromatic carbocycles. The Kier molecular flexibility index (Phi) is 5.36. The largest absolute Gasteiger partial charge is 0.469 e. The van der Waals surface area contributed by atoms with Crippen molar-refractivity contribution in [1.82, 2.24) is 0 Å². The fraction of sp³-hybridized carbons (Fsp3) is 0.429. The lowest BCUT2D eigenvalue weighted by Crippen LogP contribution is -2.10. The normalized spacial score (nSPS) is 10.1. The van der Waals surface area contributed by atoms with E-state index in [2.05, 4.69) is 4.74 Å². The monoisotopic (exact) mass is 265 g/mol. The highest BCUT2D eigenvalue weighted by atomic mass is 16.5. The van der Waals surface area contributed by atoms with E-state index >= 15 is 0 Å². The number of carbonyl (C=O) groups is 2. The number of anilines is 1. The van der Waals surface area contributed by atoms with Crippen LogP contribution in [0.1, 0.15) is 34.3 Å². The first kappa shape index (κ1) is 15.0. The van der Waals surface area contributed by atoms with Crippen LogP contribution in [0.2, 0.25) is 0 Å². The Balaban J connectivity index is 2.55. The topological polar surface area (TPSA) is 78.6 Å². The van der Waals surface area contributed by atoms with Gasteiger partial charge in [-0.15, -0.1) is 0 Å². The fourth-order valence-corrected chi connectivity index (χ4v) is 1.65. The van der Waals surface area contributed by atoms with Crippen molar-refractivity contribution in [2.24, 2.45) is 0 Å². The standard InChI is InChI=1S/C14H19NO4/c1-9-7-10(2)12(15)8-11(9)14(17)19-6-4-5-13(16)18-3/h7-8H,4-6,15H2,1-3H3. The lowest BCUT2D eigenvalue weighted by Gasteiger charge is -2.09. The first-order valence-corrected chi connectivity index (χ1v) is 6.06. The Hall–Kier alpha value is -2.04. The number of ether oxygens (including phenoxy) is 2. The molecule has 0 aliphatic rings. The summed E-state index contributed by atoms with van der Waals surface area (Å²) in [4.78, 5) is 22.7. The van der Waals surface area contributed by atoms with Crippen molar-refractivity contribution in [3.8, 4) is 0 Å². The number of carbonyl (C=O) groups excluding carboxylic acids is 2. The molecule has 2 N–H and O–H groups in total. The molecule has 0 atom stereocenters. The summed E-state index contributed by atoms with van der Waals surface area (Å²) in [6.07, 6.45) is 0.678. The molecule has 0 radical (unpaired) electrons. The molecule has 0 amide bonds. The van der Waals surface area contributed by atoms with Crippen LogP contribution in [0.3, 0.4) is 0 Å². The van der Waals surface area contributed by atoms with E-state index in [1.165, 1.54) is 7.11 Å². The summed E-state index contributed by atoms with van der Waals surface area (Å²) in [5.41, 5.74) is 8.55. The van der Waals surface area contributed by atoms with Crippen molar-refractivity contribution in [2.75, 3.05) is 19.5 Å². The van der Waals surface area contributed by atoms with Gasteiger partial charge in [0.15, 0.2) is 0 Å². The summed E-state index contributed by atoms with van der Waals surface area (Å²) in [6.45, 7) is 3.90. The SMILES string of the molecule is COC(=O)CCCOC(=O)c1cc(N)c(C)cc1C. The van der Waals surface area contributed by atoms with Crippen LogP contribution >= 0.6 is 0 Å². The third-order valence-electron chi connectivity index (χ3n) is 2.82. The zero-order valence-corrected chi connectivity index (χ0v) is 11.5. The van der Waals surface area contributed by atoms with E-state index in [4.69, 9.17) is 10.5 Å². The minimum Gasteiger partial charge on any atom is -0.469 e. The third-order valence-corrected chi connectivity index (χ3v) is 2.82. The van der Waals surface area contributed by atoms with Crippen LogP contribution < -0.4 is 5.73 Å². The number of nitrogens with two attached hydrogens (primary N) is 1. The lowest BCUT2D eigenvalue weighted by molar-refractivity contribution is -0.140. The summed E-state index contributed by atoms with van der Waals surface area (Å²) < 4.78 is 9.59. The number of benzene rings is 1. The molecule has 5 heteroatoms. The molecule has 0 unspecified atom stereocenters. The van der Waals surface area contributed by atoms with E-state index < -0.39 is 5.97 Å². The number of methoxy groups -OCH3 is 1. The van der Waals surface area contributed by atoms with Crippen molar-refractivity contribution < 1.29 is 19.1 Å². The van der Waals surface area contributed by atoms with Gasteiger partial charge in [0.05, 0.1) is 19.3 Å². The van der Waals surface area contributed by atoms with Gasteiger partial charge in [0, 0.05) is 12.1 Å². The van der Waals surface area contributed by atoms with Gasteiger partial charge in [0.2, 0.25) is 0 Å². The van der Waals surface area contributed by atoms with Crippen LogP contribution in [0.4, 0.5) is 5.69 Å². The van der Waals surface area contributed by atoms with Gasteiger partial charge in [-0.2, -0.15) is 0 Å². The van der Waals surface area contributed by atoms with Crippen LogP contribution in [-0.2, 0) is 14.3 Å². The fourth-order valence-electron chi connectivity index (χ4n) is 1.65. The highest BCUT2D eigenvalue weighted by Crippen LogP contribution is 2.18. The Labute approximate surface area is 112 Å². The maximum absolute atomic E-state index is 11.8. The molecule has 19 heavy (non-hydrogen) atoms. The van der Waals surface area contributed by atoms with Crippen molar-refractivity contribution in [2.45, 2.75) is 26.7 Å². The summed E-state index contributed by atoms with van der Waals surface area (Å²) >= 11 is 0. The molecular weight excluding hydrogens is 246 g/mol. The Morgan fingerprint density at radius 2 is 1.89 bits per heavy atom. The summed E-state index contributed by atoms with van der Waals surface area (Å²) in [6, 6.07) is 3.47. The number of hydrogen-bond acceptors (Lipinski definition) is 5. The molecule has 0 aromatic heterocycles. The van der Waals surface area contributed by atoms with E-state index in [-0.39, 0.29) is 19.0 Å². The first-order valence-electron chi connectivity index (χ1n) is 6.06. The van der Waals surface area contributed by atoms with Gasteiger partial charge in [0.25, 0.3) is 0 Å². The third kappa shape index (κ3) is 4.28. The quantitative estimate of drug-likeness (QED) is 0.500. The first-order chi connectivity index (χ1) is 8.95. The number of aryl methyl sites for hydroxylation is 2. The molecule has 0 saturated carbocycles. The zero-order valence-electron chi connectivity index (χ0n) is 11.5. The molecule has 0 bridgehead atoms. The second-order valence-corrected chi connectivity index (χ2v) is 4.34. The molecule has 1 rings (SSSR count). The summed E-state index contributed by atoms with van der Waals surface area (Å²) in [5.74, 6) is -0.735. The second-order valence-electron chi connectivity index (χ2n) is 4.34. The second kappa shape index (κ2) is 6.78. The average Bonchev–Trinajstić information content (AvgIpc) is 2.38. The number of esters is 2. The van der Waals surface area contributed by atoms with Crippen molar-refractivity contribution in [3.05, 3.63) is 28.8 Å². The van der Waals surface area contributed by atoms with Crippen LogP contribution in [0.25, 0.3) is 0 Å². The van der Waals surface area contributed by atoms with E-state index in [0.717, 1.165) is 11.1 Å². The van der Waals surface area contributed by atoms with Gasteiger partial charge in [-0.3, -0.25) is 4.79 Å². The summed E-state index contributed by atoms with van der Waals surface area (Å²) in [7, 11) is 1.33. The van der Waals surface area contributed by atoms with Crippen molar-refractivity contribution in [3.63, 3.8) is 0 Å². The zero-order chi connectivity index (χ0) is 14.4. The highest BCUT2D eigenvalue weighted by Gasteiger charge is 2.12. The minimum atomic E-state index is -0.422. The van der Waals surface area contributed by atoms with E-state index in [1.807, 2.05) is 19.9 Å². The Morgan fingerprint density at radius 3 is 2.53 bits per heavy atom. The van der Waals surface area contributed by atoms with E-state index in [0.29, 0.717) is 17.7 Å². The number of rotatable bonds is 5. The maximum atomic E-state index is 11.8. The Bertz CT molecular complexity index is 483. The smallest absolute Gasteiger partial charge is 0.338 e. The number of nitrogen functional groups attached to an aromatic ring is 1. The molecule has 0 spiro atoms. The molecule has 0 saturated heterocycles. The minimum absolute atomic E-state index is 0.182. The maximum Gasteiger partial charge on any atom is 0.338 e. The summed E-state index contributed by atoms with van der Waals surface area (Å²) in [5, 5.41) is 0. The van der Waals surface area contributed by atoms with Crippen LogP contribution in [0.5, 0.6) is 0 Å². The van der Waals surface area contributed by atoms with Crippen LogP contribution in [-0.4, -0.2) is 25.7 Å². The van der Waals surface area contributed by atoms with E-state index in [9.17, 15) is 9.59 Å². The number of hydrogen-bond donors (Lipinski definition) is 1. The van der Waals surface area contributed by atoms with Crippen LogP contribution in [0.15, 0.2) is 12.1 Å². The van der Waals surface area contributed by atoms with Gasteiger partial charge in [0.1, 0.15) is 0 Å².